The first-order valence-electron chi connectivity index (χ1n) is 8.39. The first kappa shape index (κ1) is 18.4. The van der Waals surface area contributed by atoms with E-state index in [1.165, 1.54) is 23.0 Å². The van der Waals surface area contributed by atoms with Gasteiger partial charge in [0.15, 0.2) is 5.82 Å². The summed E-state index contributed by atoms with van der Waals surface area (Å²) in [5.74, 6) is 0.377. The molecule has 1 fully saturated rings. The number of amides is 1. The largest absolute Gasteiger partial charge is 0.352 e. The zero-order chi connectivity index (χ0) is 18.6. The molecule has 1 aliphatic heterocycles. The van der Waals surface area contributed by atoms with E-state index in [0.717, 1.165) is 18.4 Å². The van der Waals surface area contributed by atoms with Gasteiger partial charge in [-0.25, -0.2) is 22.7 Å². The Morgan fingerprint density at radius 2 is 1.96 bits per heavy atom. The number of aromatic nitrogens is 3. The SMILES string of the molecule is CS(=O)(=O)N1CCC[C@@H](CNC(=O)c2cnc(-c3ccncc3)nc2)C1. The standard InChI is InChI=1S/C17H21N5O3S/c1-26(24,25)22-8-2-3-13(12-22)9-21-17(23)15-10-19-16(20-11-15)14-4-6-18-7-5-14/h4-7,10-11,13H,2-3,8-9,12H2,1H3,(H,21,23)/t13-/m0/s1. The van der Waals surface area contributed by atoms with Crippen LogP contribution in [0.1, 0.15) is 23.2 Å². The first-order chi connectivity index (χ1) is 12.4. The van der Waals surface area contributed by atoms with E-state index in [4.69, 9.17) is 0 Å². The molecule has 0 unspecified atom stereocenters. The van der Waals surface area contributed by atoms with Gasteiger partial charge in [-0.05, 0) is 30.9 Å². The number of sulfonamides is 1. The van der Waals surface area contributed by atoms with Crippen molar-refractivity contribution in [3.63, 3.8) is 0 Å². The smallest absolute Gasteiger partial charge is 0.254 e. The lowest BCUT2D eigenvalue weighted by molar-refractivity contribution is 0.0941. The highest BCUT2D eigenvalue weighted by atomic mass is 32.2. The molecule has 2 aromatic heterocycles. The maximum absolute atomic E-state index is 12.3. The van der Waals surface area contributed by atoms with E-state index in [1.54, 1.807) is 24.5 Å². The molecule has 1 aliphatic rings. The van der Waals surface area contributed by atoms with Crippen LogP contribution in [0.3, 0.4) is 0 Å². The molecule has 138 valence electrons. The molecule has 26 heavy (non-hydrogen) atoms. The van der Waals surface area contributed by atoms with E-state index in [2.05, 4.69) is 20.3 Å². The predicted molar refractivity (Wildman–Crippen MR) is 96.7 cm³/mol. The quantitative estimate of drug-likeness (QED) is 0.834. The van der Waals surface area contributed by atoms with Crippen LogP contribution in [0.5, 0.6) is 0 Å². The second-order valence-electron chi connectivity index (χ2n) is 6.37. The molecule has 0 radical (unpaired) electrons. The molecule has 3 rings (SSSR count). The molecule has 1 amide bonds. The molecule has 0 aliphatic carbocycles. The molecule has 2 aromatic rings. The van der Waals surface area contributed by atoms with Crippen LogP contribution < -0.4 is 5.32 Å². The maximum Gasteiger partial charge on any atom is 0.254 e. The Morgan fingerprint density at radius 3 is 2.62 bits per heavy atom. The number of pyridine rings is 1. The molecular formula is C17H21N5O3S. The van der Waals surface area contributed by atoms with Gasteiger partial charge in [-0.15, -0.1) is 0 Å². The summed E-state index contributed by atoms with van der Waals surface area (Å²) in [4.78, 5) is 24.7. The Labute approximate surface area is 152 Å². The van der Waals surface area contributed by atoms with Crippen LogP contribution in [0, 0.1) is 5.92 Å². The Kier molecular flexibility index (Phi) is 5.58. The van der Waals surface area contributed by atoms with Gasteiger partial charge in [-0.1, -0.05) is 0 Å². The van der Waals surface area contributed by atoms with Crippen LogP contribution in [0.4, 0.5) is 0 Å². The van der Waals surface area contributed by atoms with E-state index in [0.29, 0.717) is 31.0 Å². The zero-order valence-corrected chi connectivity index (χ0v) is 15.3. The summed E-state index contributed by atoms with van der Waals surface area (Å²) in [6.07, 6.45) is 9.20. The number of hydrogen-bond donors (Lipinski definition) is 1. The fourth-order valence-corrected chi connectivity index (χ4v) is 3.87. The van der Waals surface area contributed by atoms with Crippen molar-refractivity contribution in [2.24, 2.45) is 5.92 Å². The number of nitrogens with one attached hydrogen (secondary N) is 1. The highest BCUT2D eigenvalue weighted by Crippen LogP contribution is 2.18. The Bertz CT molecular complexity index is 856. The molecule has 0 aromatic carbocycles. The summed E-state index contributed by atoms with van der Waals surface area (Å²) >= 11 is 0. The summed E-state index contributed by atoms with van der Waals surface area (Å²) in [5, 5.41) is 2.85. The van der Waals surface area contributed by atoms with Crippen LogP contribution in [0.15, 0.2) is 36.9 Å². The molecule has 1 saturated heterocycles. The molecule has 0 bridgehead atoms. The van der Waals surface area contributed by atoms with Gasteiger partial charge in [-0.2, -0.15) is 0 Å². The van der Waals surface area contributed by atoms with Gasteiger partial charge in [0.1, 0.15) is 0 Å². The topological polar surface area (TPSA) is 105 Å². The maximum atomic E-state index is 12.3. The van der Waals surface area contributed by atoms with E-state index in [9.17, 15) is 13.2 Å². The van der Waals surface area contributed by atoms with E-state index >= 15 is 0 Å². The third-order valence-electron chi connectivity index (χ3n) is 4.35. The van der Waals surface area contributed by atoms with Crippen molar-refractivity contribution in [3.05, 3.63) is 42.5 Å². The molecule has 3 heterocycles. The second-order valence-corrected chi connectivity index (χ2v) is 8.35. The number of hydrogen-bond acceptors (Lipinski definition) is 6. The van der Waals surface area contributed by atoms with Crippen molar-refractivity contribution in [2.75, 3.05) is 25.9 Å². The van der Waals surface area contributed by atoms with Gasteiger partial charge in [0.25, 0.3) is 5.91 Å². The minimum Gasteiger partial charge on any atom is -0.352 e. The molecule has 0 spiro atoms. The van der Waals surface area contributed by atoms with Crippen molar-refractivity contribution in [2.45, 2.75) is 12.8 Å². The van der Waals surface area contributed by atoms with Gasteiger partial charge in [0, 0.05) is 50.0 Å². The third-order valence-corrected chi connectivity index (χ3v) is 5.62. The molecule has 9 heteroatoms. The summed E-state index contributed by atoms with van der Waals surface area (Å²) in [6.45, 7) is 1.42. The molecule has 0 saturated carbocycles. The van der Waals surface area contributed by atoms with Gasteiger partial charge in [0.05, 0.1) is 11.8 Å². The molecule has 1 atom stereocenters. The lowest BCUT2D eigenvalue weighted by Crippen LogP contribution is -2.43. The summed E-state index contributed by atoms with van der Waals surface area (Å²) in [5.41, 5.74) is 1.20. The Hall–Kier alpha value is -2.39. The van der Waals surface area contributed by atoms with Crippen LogP contribution in [0.2, 0.25) is 0 Å². The molecule has 1 N–H and O–H groups in total. The third kappa shape index (κ3) is 4.61. The minimum atomic E-state index is -3.18. The minimum absolute atomic E-state index is 0.111. The highest BCUT2D eigenvalue weighted by molar-refractivity contribution is 7.88. The summed E-state index contributed by atoms with van der Waals surface area (Å²) in [6, 6.07) is 3.59. The second kappa shape index (κ2) is 7.88. The number of rotatable bonds is 5. The van der Waals surface area contributed by atoms with Crippen molar-refractivity contribution in [1.29, 1.82) is 0 Å². The fraction of sp³-hybridized carbons (Fsp3) is 0.412. The van der Waals surface area contributed by atoms with Crippen LogP contribution >= 0.6 is 0 Å². The lowest BCUT2D eigenvalue weighted by Gasteiger charge is -2.30. The van der Waals surface area contributed by atoms with Crippen LogP contribution in [-0.4, -0.2) is 59.5 Å². The lowest BCUT2D eigenvalue weighted by atomic mass is 9.99. The van der Waals surface area contributed by atoms with E-state index < -0.39 is 10.0 Å². The number of carbonyl (C=O) groups excluding carboxylic acids is 1. The average Bonchev–Trinajstić information content (AvgIpc) is 2.66. The number of carbonyl (C=O) groups is 1. The Morgan fingerprint density at radius 1 is 1.27 bits per heavy atom. The van der Waals surface area contributed by atoms with Crippen LogP contribution in [0.25, 0.3) is 11.4 Å². The molecular weight excluding hydrogens is 354 g/mol. The van der Waals surface area contributed by atoms with Crippen molar-refractivity contribution < 1.29 is 13.2 Å². The first-order valence-corrected chi connectivity index (χ1v) is 10.2. The van der Waals surface area contributed by atoms with Crippen molar-refractivity contribution >= 4 is 15.9 Å². The van der Waals surface area contributed by atoms with Gasteiger partial charge < -0.3 is 5.32 Å². The summed E-state index contributed by atoms with van der Waals surface area (Å²) in [7, 11) is -3.18. The van der Waals surface area contributed by atoms with Crippen LogP contribution in [-0.2, 0) is 10.0 Å². The summed E-state index contributed by atoms with van der Waals surface area (Å²) < 4.78 is 24.8. The van der Waals surface area contributed by atoms with Crippen molar-refractivity contribution in [3.8, 4) is 11.4 Å². The van der Waals surface area contributed by atoms with E-state index in [1.807, 2.05) is 0 Å². The monoisotopic (exact) mass is 375 g/mol. The Balaban J connectivity index is 1.57. The average molecular weight is 375 g/mol. The normalized spacial score (nSPS) is 18.4. The van der Waals surface area contributed by atoms with E-state index in [-0.39, 0.29) is 11.8 Å². The number of piperidine rings is 1. The number of nitrogens with zero attached hydrogens (tertiary/aromatic N) is 4. The fourth-order valence-electron chi connectivity index (χ4n) is 2.93. The highest BCUT2D eigenvalue weighted by Gasteiger charge is 2.26. The molecule has 8 nitrogen and oxygen atoms in total. The van der Waals surface area contributed by atoms with Gasteiger partial charge >= 0.3 is 0 Å². The van der Waals surface area contributed by atoms with Gasteiger partial charge in [-0.3, -0.25) is 9.78 Å². The zero-order valence-electron chi connectivity index (χ0n) is 14.5. The predicted octanol–water partition coefficient (Wildman–Crippen LogP) is 0.940. The van der Waals surface area contributed by atoms with Crippen molar-refractivity contribution in [1.82, 2.24) is 24.6 Å². The van der Waals surface area contributed by atoms with Gasteiger partial charge in [0.2, 0.25) is 10.0 Å².